The molecule has 1 aromatic heterocycles. The molecule has 0 bridgehead atoms. The lowest BCUT2D eigenvalue weighted by Gasteiger charge is -2.28. The van der Waals surface area contributed by atoms with Crippen LogP contribution in [0.4, 0.5) is 0 Å². The van der Waals surface area contributed by atoms with Gasteiger partial charge < -0.3 is 9.15 Å². The minimum Gasteiger partial charge on any atom is -0.465 e. The van der Waals surface area contributed by atoms with Gasteiger partial charge in [0.2, 0.25) is 0 Å². The number of rotatable bonds is 5. The number of hydrogen-bond acceptors (Lipinski definition) is 4. The smallest absolute Gasteiger partial charge is 0.317 e. The second-order valence-corrected chi connectivity index (χ2v) is 5.92. The first-order valence-electron chi connectivity index (χ1n) is 8.36. The summed E-state index contributed by atoms with van der Waals surface area (Å²) in [6.07, 6.45) is 7.43. The molecule has 4 heteroatoms. The fraction of sp³-hybridized carbons (Fsp3) is 0.238. The van der Waals surface area contributed by atoms with E-state index in [2.05, 4.69) is 0 Å². The number of allylic oxidation sites excluding steroid dienone is 3. The first-order valence-corrected chi connectivity index (χ1v) is 8.36. The van der Waals surface area contributed by atoms with Crippen molar-refractivity contribution in [1.82, 2.24) is 0 Å². The van der Waals surface area contributed by atoms with Crippen LogP contribution in [-0.2, 0) is 14.3 Å². The molecule has 1 heterocycles. The summed E-state index contributed by atoms with van der Waals surface area (Å²) in [4.78, 5) is 25.0. The normalized spacial score (nSPS) is 20.5. The molecule has 0 saturated heterocycles. The van der Waals surface area contributed by atoms with Crippen molar-refractivity contribution in [3.63, 3.8) is 0 Å². The predicted molar refractivity (Wildman–Crippen MR) is 94.8 cm³/mol. The van der Waals surface area contributed by atoms with E-state index in [0.717, 1.165) is 16.9 Å². The van der Waals surface area contributed by atoms with Crippen LogP contribution in [0.15, 0.2) is 70.9 Å². The molecule has 0 aliphatic heterocycles. The summed E-state index contributed by atoms with van der Waals surface area (Å²) in [6.45, 7) is 2.01. The minimum absolute atomic E-state index is 0.211. The molecule has 0 amide bonds. The van der Waals surface area contributed by atoms with Gasteiger partial charge in [-0.2, -0.15) is 0 Å². The Hall–Kier alpha value is -2.88. The second kappa shape index (κ2) is 7.79. The Morgan fingerprint density at radius 1 is 1.20 bits per heavy atom. The highest BCUT2D eigenvalue weighted by Gasteiger charge is 2.38. The monoisotopic (exact) mass is 336 g/mol. The third kappa shape index (κ3) is 3.97. The van der Waals surface area contributed by atoms with Crippen LogP contribution in [0.25, 0.3) is 6.08 Å². The van der Waals surface area contributed by atoms with Crippen LogP contribution in [0, 0.1) is 5.92 Å². The Kier molecular flexibility index (Phi) is 5.29. The molecule has 2 aromatic rings. The topological polar surface area (TPSA) is 56.5 Å². The number of carbonyl (C=O) groups is 2. The molecule has 2 atom stereocenters. The third-order valence-electron chi connectivity index (χ3n) is 4.27. The quantitative estimate of drug-likeness (QED) is 0.608. The van der Waals surface area contributed by atoms with E-state index in [9.17, 15) is 9.59 Å². The summed E-state index contributed by atoms with van der Waals surface area (Å²) in [7, 11) is 0. The summed E-state index contributed by atoms with van der Waals surface area (Å²) in [5.74, 6) is -0.960. The molecule has 25 heavy (non-hydrogen) atoms. The standard InChI is InChI=1S/C21H20O4/c1-2-24-21(23)20-18(16-7-4-3-5-8-16)13-15(14-19(20)22)10-11-17-9-6-12-25-17/h3-12,14,18,20H,2,13H2,1H3/b11-10+/t18-,20-/m0/s1. The summed E-state index contributed by atoms with van der Waals surface area (Å²) in [5, 5.41) is 0. The van der Waals surface area contributed by atoms with E-state index < -0.39 is 11.9 Å². The Morgan fingerprint density at radius 3 is 2.68 bits per heavy atom. The van der Waals surface area contributed by atoms with Crippen LogP contribution in [0.1, 0.15) is 30.6 Å². The van der Waals surface area contributed by atoms with Gasteiger partial charge in [-0.15, -0.1) is 0 Å². The second-order valence-electron chi connectivity index (χ2n) is 5.92. The first-order chi connectivity index (χ1) is 12.2. The van der Waals surface area contributed by atoms with Crippen LogP contribution < -0.4 is 0 Å². The van der Waals surface area contributed by atoms with Crippen LogP contribution in [0.2, 0.25) is 0 Å². The predicted octanol–water partition coefficient (Wildman–Crippen LogP) is 4.16. The van der Waals surface area contributed by atoms with E-state index in [4.69, 9.17) is 9.15 Å². The maximum absolute atomic E-state index is 12.6. The van der Waals surface area contributed by atoms with E-state index in [1.165, 1.54) is 0 Å². The average molecular weight is 336 g/mol. The number of benzene rings is 1. The third-order valence-corrected chi connectivity index (χ3v) is 4.27. The lowest BCUT2D eigenvalue weighted by Crippen LogP contribution is -2.34. The Balaban J connectivity index is 1.90. The van der Waals surface area contributed by atoms with Crippen LogP contribution >= 0.6 is 0 Å². The van der Waals surface area contributed by atoms with Gasteiger partial charge in [-0.3, -0.25) is 9.59 Å². The van der Waals surface area contributed by atoms with Crippen molar-refractivity contribution in [1.29, 1.82) is 0 Å². The number of esters is 1. The molecule has 0 N–H and O–H groups in total. The molecule has 0 spiro atoms. The highest BCUT2D eigenvalue weighted by Crippen LogP contribution is 2.37. The first kappa shape index (κ1) is 17.0. The fourth-order valence-electron chi connectivity index (χ4n) is 3.12. The van der Waals surface area contributed by atoms with Crippen LogP contribution in [0.5, 0.6) is 0 Å². The van der Waals surface area contributed by atoms with Gasteiger partial charge in [0.25, 0.3) is 0 Å². The zero-order chi connectivity index (χ0) is 17.6. The van der Waals surface area contributed by atoms with Gasteiger partial charge >= 0.3 is 5.97 Å². The average Bonchev–Trinajstić information content (AvgIpc) is 3.14. The Labute approximate surface area is 146 Å². The summed E-state index contributed by atoms with van der Waals surface area (Å²) < 4.78 is 10.4. The maximum atomic E-state index is 12.6. The molecule has 4 nitrogen and oxygen atoms in total. The molecule has 1 aliphatic rings. The van der Waals surface area contributed by atoms with E-state index in [0.29, 0.717) is 6.42 Å². The molecule has 0 saturated carbocycles. The number of ether oxygens (including phenoxy) is 1. The summed E-state index contributed by atoms with van der Waals surface area (Å²) >= 11 is 0. The SMILES string of the molecule is CCOC(=O)[C@@H]1C(=O)C=C(/C=C/c2ccco2)C[C@H]1c1ccccc1. The lowest BCUT2D eigenvalue weighted by molar-refractivity contribution is -0.151. The molecule has 128 valence electrons. The van der Waals surface area contributed by atoms with Gasteiger partial charge in [-0.1, -0.05) is 36.4 Å². The zero-order valence-corrected chi connectivity index (χ0v) is 14.1. The van der Waals surface area contributed by atoms with Crippen molar-refractivity contribution in [3.8, 4) is 0 Å². The van der Waals surface area contributed by atoms with Crippen LogP contribution in [-0.4, -0.2) is 18.4 Å². The molecule has 1 aliphatic carbocycles. The zero-order valence-electron chi connectivity index (χ0n) is 14.1. The van der Waals surface area contributed by atoms with Gasteiger partial charge in [0, 0.05) is 5.92 Å². The van der Waals surface area contributed by atoms with Crippen molar-refractivity contribution in [2.24, 2.45) is 5.92 Å². The number of hydrogen-bond donors (Lipinski definition) is 0. The molecule has 1 aromatic carbocycles. The van der Waals surface area contributed by atoms with Crippen molar-refractivity contribution in [3.05, 3.63) is 77.8 Å². The van der Waals surface area contributed by atoms with Crippen molar-refractivity contribution in [2.75, 3.05) is 6.61 Å². The van der Waals surface area contributed by atoms with E-state index >= 15 is 0 Å². The number of ketones is 1. The maximum Gasteiger partial charge on any atom is 0.317 e. The van der Waals surface area contributed by atoms with Crippen LogP contribution in [0.3, 0.4) is 0 Å². The van der Waals surface area contributed by atoms with Gasteiger partial charge in [-0.05, 0) is 48.8 Å². The molecule has 0 fully saturated rings. The van der Waals surface area contributed by atoms with Gasteiger partial charge in [-0.25, -0.2) is 0 Å². The molecule has 3 rings (SSSR count). The largest absolute Gasteiger partial charge is 0.465 e. The summed E-state index contributed by atoms with van der Waals surface area (Å²) in [5.41, 5.74) is 1.83. The summed E-state index contributed by atoms with van der Waals surface area (Å²) in [6, 6.07) is 13.3. The minimum atomic E-state index is -0.789. The number of furan rings is 1. The fourth-order valence-corrected chi connectivity index (χ4v) is 3.12. The Morgan fingerprint density at radius 2 is 2.00 bits per heavy atom. The van der Waals surface area contributed by atoms with Gasteiger partial charge in [0.15, 0.2) is 5.78 Å². The van der Waals surface area contributed by atoms with E-state index in [1.807, 2.05) is 54.6 Å². The molecule has 0 radical (unpaired) electrons. The Bertz CT molecular complexity index is 785. The van der Waals surface area contributed by atoms with Crippen molar-refractivity contribution in [2.45, 2.75) is 19.3 Å². The van der Waals surface area contributed by atoms with E-state index in [-0.39, 0.29) is 18.3 Å². The molecular weight excluding hydrogens is 316 g/mol. The van der Waals surface area contributed by atoms with Gasteiger partial charge in [0.1, 0.15) is 11.7 Å². The molecule has 0 unspecified atom stereocenters. The number of carbonyl (C=O) groups excluding carboxylic acids is 2. The highest BCUT2D eigenvalue weighted by atomic mass is 16.5. The van der Waals surface area contributed by atoms with Crippen molar-refractivity contribution < 1.29 is 18.7 Å². The molecular formula is C21H20O4. The van der Waals surface area contributed by atoms with Crippen molar-refractivity contribution >= 4 is 17.8 Å². The highest BCUT2D eigenvalue weighted by molar-refractivity contribution is 6.07. The van der Waals surface area contributed by atoms with E-state index in [1.54, 1.807) is 19.3 Å². The lowest BCUT2D eigenvalue weighted by atomic mass is 9.75. The van der Waals surface area contributed by atoms with Gasteiger partial charge in [0.05, 0.1) is 12.9 Å².